The summed E-state index contributed by atoms with van der Waals surface area (Å²) in [6.45, 7) is 2.57. The van der Waals surface area contributed by atoms with Crippen LogP contribution in [0.5, 0.6) is 11.5 Å². The van der Waals surface area contributed by atoms with Gasteiger partial charge in [-0.15, -0.1) is 0 Å². The molecule has 0 radical (unpaired) electrons. The SMILES string of the molecule is Cc1cc(OCCNC(=O)[C@@H]2CCC(=O)N[C@H](Cc3ccccc3)C(=O)N(C)CCOc3ccccc3C(=O)N2)ccc1Cl. The van der Waals surface area contributed by atoms with Crippen LogP contribution >= 0.6 is 11.6 Å². The van der Waals surface area contributed by atoms with Gasteiger partial charge in [-0.1, -0.05) is 54.1 Å². The number of aryl methyl sites for hydroxylation is 1. The van der Waals surface area contributed by atoms with E-state index in [4.69, 9.17) is 21.1 Å². The zero-order valence-electron chi connectivity index (χ0n) is 24.8. The van der Waals surface area contributed by atoms with E-state index in [0.717, 1.165) is 11.1 Å². The summed E-state index contributed by atoms with van der Waals surface area (Å²) < 4.78 is 11.6. The average Bonchev–Trinajstić information content (AvgIpc) is 3.02. The summed E-state index contributed by atoms with van der Waals surface area (Å²) in [6, 6.07) is 19.5. The van der Waals surface area contributed by atoms with Crippen LogP contribution in [0.25, 0.3) is 0 Å². The van der Waals surface area contributed by atoms with E-state index in [1.54, 1.807) is 49.5 Å². The van der Waals surface area contributed by atoms with Crippen molar-refractivity contribution in [1.82, 2.24) is 20.9 Å². The minimum absolute atomic E-state index is 0.00571. The number of likely N-dealkylation sites (N-methyl/N-ethyl adjacent to an activating group) is 1. The van der Waals surface area contributed by atoms with Gasteiger partial charge in [0.1, 0.15) is 36.8 Å². The highest BCUT2D eigenvalue weighted by molar-refractivity contribution is 6.31. The number of benzene rings is 3. The topological polar surface area (TPSA) is 126 Å². The number of carbonyl (C=O) groups excluding carboxylic acids is 4. The number of ether oxygens (including phenoxy) is 2. The lowest BCUT2D eigenvalue weighted by Crippen LogP contribution is -2.50. The molecular weight excluding hydrogens is 584 g/mol. The second-order valence-electron chi connectivity index (χ2n) is 10.5. The van der Waals surface area contributed by atoms with E-state index in [1.807, 2.05) is 37.3 Å². The molecule has 232 valence electrons. The summed E-state index contributed by atoms with van der Waals surface area (Å²) >= 11 is 6.07. The van der Waals surface area contributed by atoms with Crippen molar-refractivity contribution in [2.24, 2.45) is 0 Å². The first kappa shape index (κ1) is 32.3. The molecule has 10 nitrogen and oxygen atoms in total. The first-order valence-electron chi connectivity index (χ1n) is 14.5. The quantitative estimate of drug-likeness (QED) is 0.348. The van der Waals surface area contributed by atoms with Gasteiger partial charge in [-0.2, -0.15) is 0 Å². The van der Waals surface area contributed by atoms with Crippen molar-refractivity contribution in [3.63, 3.8) is 0 Å². The molecule has 3 N–H and O–H groups in total. The Hall–Kier alpha value is -4.57. The summed E-state index contributed by atoms with van der Waals surface area (Å²) in [5.74, 6) is -0.735. The molecule has 11 heteroatoms. The van der Waals surface area contributed by atoms with Crippen molar-refractivity contribution >= 4 is 35.2 Å². The van der Waals surface area contributed by atoms with Gasteiger partial charge in [-0.25, -0.2) is 0 Å². The fraction of sp³-hybridized carbons (Fsp3) is 0.333. The molecule has 0 fully saturated rings. The molecule has 4 rings (SSSR count). The molecule has 0 bridgehead atoms. The van der Waals surface area contributed by atoms with Crippen molar-refractivity contribution < 1.29 is 28.7 Å². The van der Waals surface area contributed by atoms with Crippen LogP contribution in [0.3, 0.4) is 0 Å². The van der Waals surface area contributed by atoms with Crippen molar-refractivity contribution in [3.05, 3.63) is 94.5 Å². The Morgan fingerprint density at radius 3 is 2.57 bits per heavy atom. The van der Waals surface area contributed by atoms with Crippen LogP contribution in [0.15, 0.2) is 72.8 Å². The van der Waals surface area contributed by atoms with E-state index in [1.165, 1.54) is 4.90 Å². The van der Waals surface area contributed by atoms with Gasteiger partial charge in [0.05, 0.1) is 18.7 Å². The maximum absolute atomic E-state index is 13.4. The monoisotopic (exact) mass is 620 g/mol. The number of halogens is 1. The lowest BCUT2D eigenvalue weighted by atomic mass is 10.0. The second-order valence-corrected chi connectivity index (χ2v) is 10.9. The van der Waals surface area contributed by atoms with E-state index in [9.17, 15) is 19.2 Å². The van der Waals surface area contributed by atoms with Crippen LogP contribution in [0.1, 0.15) is 34.3 Å². The van der Waals surface area contributed by atoms with E-state index in [-0.39, 0.29) is 50.6 Å². The van der Waals surface area contributed by atoms with E-state index in [0.29, 0.717) is 22.9 Å². The molecule has 1 aliphatic heterocycles. The van der Waals surface area contributed by atoms with Crippen molar-refractivity contribution in [2.75, 3.05) is 33.4 Å². The predicted molar refractivity (Wildman–Crippen MR) is 167 cm³/mol. The number of nitrogens with zero attached hydrogens (tertiary/aromatic N) is 1. The van der Waals surface area contributed by atoms with Crippen molar-refractivity contribution in [3.8, 4) is 11.5 Å². The Bertz CT molecular complexity index is 1470. The number of hydrogen-bond donors (Lipinski definition) is 3. The zero-order chi connectivity index (χ0) is 31.5. The lowest BCUT2D eigenvalue weighted by molar-refractivity contribution is -0.135. The van der Waals surface area contributed by atoms with Gasteiger partial charge < -0.3 is 30.3 Å². The first-order valence-corrected chi connectivity index (χ1v) is 14.9. The number of carbonyl (C=O) groups is 4. The Kier molecular flexibility index (Phi) is 11.6. The van der Waals surface area contributed by atoms with E-state index >= 15 is 0 Å². The largest absolute Gasteiger partial charge is 0.492 e. The van der Waals surface area contributed by atoms with Gasteiger partial charge in [0.2, 0.25) is 17.7 Å². The summed E-state index contributed by atoms with van der Waals surface area (Å²) in [5.41, 5.74) is 2.00. The number of amides is 4. The number of hydrogen-bond acceptors (Lipinski definition) is 6. The third-order valence-corrected chi connectivity index (χ3v) is 7.61. The molecule has 4 amide bonds. The first-order chi connectivity index (χ1) is 21.2. The number of para-hydroxylation sites is 1. The molecule has 3 aromatic rings. The molecule has 0 aliphatic carbocycles. The van der Waals surface area contributed by atoms with Gasteiger partial charge in [0.25, 0.3) is 5.91 Å². The molecule has 0 aromatic heterocycles. The molecule has 2 atom stereocenters. The summed E-state index contributed by atoms with van der Waals surface area (Å²) in [5, 5.41) is 9.00. The maximum Gasteiger partial charge on any atom is 0.255 e. The highest BCUT2D eigenvalue weighted by Gasteiger charge is 2.28. The van der Waals surface area contributed by atoms with Crippen LogP contribution < -0.4 is 25.4 Å². The second kappa shape index (κ2) is 15.8. The highest BCUT2D eigenvalue weighted by atomic mass is 35.5. The third-order valence-electron chi connectivity index (χ3n) is 7.19. The zero-order valence-corrected chi connectivity index (χ0v) is 25.6. The maximum atomic E-state index is 13.4. The van der Waals surface area contributed by atoms with E-state index in [2.05, 4.69) is 16.0 Å². The van der Waals surface area contributed by atoms with Crippen LogP contribution in [0, 0.1) is 6.92 Å². The minimum atomic E-state index is -1.03. The van der Waals surface area contributed by atoms with Crippen LogP contribution in [-0.4, -0.2) is 74.0 Å². The fourth-order valence-electron chi connectivity index (χ4n) is 4.72. The molecule has 0 saturated carbocycles. The van der Waals surface area contributed by atoms with E-state index < -0.39 is 29.8 Å². The molecule has 0 saturated heterocycles. The Morgan fingerprint density at radius 2 is 1.80 bits per heavy atom. The minimum Gasteiger partial charge on any atom is -0.492 e. The molecule has 3 aromatic carbocycles. The predicted octanol–water partition coefficient (Wildman–Crippen LogP) is 3.30. The normalized spacial score (nSPS) is 18.1. The van der Waals surface area contributed by atoms with Crippen molar-refractivity contribution in [1.29, 1.82) is 0 Å². The number of rotatable bonds is 7. The molecule has 0 spiro atoms. The Morgan fingerprint density at radius 1 is 1.05 bits per heavy atom. The van der Waals surface area contributed by atoms with Gasteiger partial charge in [-0.05, 0) is 54.8 Å². The Balaban J connectivity index is 1.48. The third kappa shape index (κ3) is 9.21. The van der Waals surface area contributed by atoms with Gasteiger partial charge >= 0.3 is 0 Å². The number of nitrogens with one attached hydrogen (secondary N) is 3. The van der Waals surface area contributed by atoms with Gasteiger partial charge in [0.15, 0.2) is 0 Å². The van der Waals surface area contributed by atoms with Crippen molar-refractivity contribution in [2.45, 2.75) is 38.3 Å². The summed E-state index contributed by atoms with van der Waals surface area (Å²) in [4.78, 5) is 54.6. The smallest absolute Gasteiger partial charge is 0.255 e. The lowest BCUT2D eigenvalue weighted by Gasteiger charge is -2.25. The Labute approximate surface area is 262 Å². The van der Waals surface area contributed by atoms with Crippen LogP contribution in [0.2, 0.25) is 5.02 Å². The number of fused-ring (bicyclic) bond motifs is 1. The standard InChI is InChI=1S/C33H37ClN4O6/c1-22-20-24(12-13-26(22)34)43-18-16-35-32(41)27-14-15-30(39)36-28(21-23-8-4-3-5-9-23)33(42)38(2)17-19-44-29-11-7-6-10-25(29)31(40)37-27/h3-13,20,27-28H,14-19,21H2,1-2H3,(H,35,41)(H,36,39)(H,37,40)/t27-,28+/m0/s1. The van der Waals surface area contributed by atoms with Gasteiger partial charge in [0, 0.05) is 24.9 Å². The molecule has 1 heterocycles. The molecule has 1 aliphatic rings. The summed E-state index contributed by atoms with van der Waals surface area (Å²) in [6.07, 6.45) is 0.207. The highest BCUT2D eigenvalue weighted by Crippen LogP contribution is 2.21. The molecule has 0 unspecified atom stereocenters. The molecular formula is C33H37ClN4O6. The molecule has 44 heavy (non-hydrogen) atoms. The van der Waals surface area contributed by atoms with Crippen LogP contribution in [0.4, 0.5) is 0 Å². The van der Waals surface area contributed by atoms with Gasteiger partial charge in [-0.3, -0.25) is 19.2 Å². The average molecular weight is 621 g/mol. The summed E-state index contributed by atoms with van der Waals surface area (Å²) in [7, 11) is 1.64. The fourth-order valence-corrected chi connectivity index (χ4v) is 4.84. The van der Waals surface area contributed by atoms with Crippen LogP contribution in [-0.2, 0) is 20.8 Å².